The zero-order valence-corrected chi connectivity index (χ0v) is 15.7. The first-order valence-electron chi connectivity index (χ1n) is 9.06. The van der Waals surface area contributed by atoms with Gasteiger partial charge in [-0.05, 0) is 40.0 Å². The first-order chi connectivity index (χ1) is 13.1. The predicted molar refractivity (Wildman–Crippen MR) is 112 cm³/mol. The van der Waals surface area contributed by atoms with Gasteiger partial charge in [-0.25, -0.2) is 5.84 Å². The lowest BCUT2D eigenvalue weighted by Gasteiger charge is -2.25. The molecule has 0 spiro atoms. The van der Waals surface area contributed by atoms with Crippen LogP contribution in [0, 0.1) is 0 Å². The van der Waals surface area contributed by atoms with Crippen molar-refractivity contribution in [3.05, 3.63) is 89.6 Å². The molecule has 0 aliphatic rings. The molecular formula is C23H25N3O. The molecular weight excluding hydrogens is 334 g/mol. The van der Waals surface area contributed by atoms with E-state index in [2.05, 4.69) is 48.7 Å². The maximum absolute atomic E-state index is 12.4. The molecule has 3 rings (SSSR count). The standard InChI is InChI=1S/C23H25N3O/c1-17(19-8-4-3-5-9-19)16-26(2)22(23(27)25-24)15-18-12-13-20-10-6-7-11-21(20)14-18/h3-15,17H,16,24H2,1-2H3,(H,25,27). The summed E-state index contributed by atoms with van der Waals surface area (Å²) in [4.78, 5) is 14.3. The average molecular weight is 359 g/mol. The van der Waals surface area contributed by atoms with E-state index in [1.807, 2.05) is 54.4 Å². The van der Waals surface area contributed by atoms with Crippen molar-refractivity contribution in [2.75, 3.05) is 13.6 Å². The normalized spacial score (nSPS) is 12.6. The Labute approximate surface area is 160 Å². The van der Waals surface area contributed by atoms with Crippen LogP contribution in [-0.2, 0) is 4.79 Å². The number of fused-ring (bicyclic) bond motifs is 1. The Morgan fingerprint density at radius 3 is 2.41 bits per heavy atom. The molecule has 138 valence electrons. The van der Waals surface area contributed by atoms with Crippen LogP contribution < -0.4 is 11.3 Å². The Morgan fingerprint density at radius 2 is 1.70 bits per heavy atom. The van der Waals surface area contributed by atoms with Crippen LogP contribution in [0.25, 0.3) is 16.8 Å². The van der Waals surface area contributed by atoms with E-state index in [1.165, 1.54) is 10.9 Å². The maximum atomic E-state index is 12.4. The van der Waals surface area contributed by atoms with Crippen molar-refractivity contribution >= 4 is 22.8 Å². The number of hydrogen-bond acceptors (Lipinski definition) is 3. The highest BCUT2D eigenvalue weighted by Crippen LogP contribution is 2.21. The highest BCUT2D eigenvalue weighted by molar-refractivity contribution is 5.97. The second-order valence-electron chi connectivity index (χ2n) is 6.80. The van der Waals surface area contributed by atoms with Gasteiger partial charge in [0, 0.05) is 13.6 Å². The molecule has 1 atom stereocenters. The van der Waals surface area contributed by atoms with E-state index in [1.54, 1.807) is 0 Å². The van der Waals surface area contributed by atoms with Crippen molar-refractivity contribution in [1.29, 1.82) is 0 Å². The summed E-state index contributed by atoms with van der Waals surface area (Å²) in [5.74, 6) is 5.41. The number of hydrazine groups is 1. The van der Waals surface area contributed by atoms with Crippen molar-refractivity contribution in [2.45, 2.75) is 12.8 Å². The fourth-order valence-electron chi connectivity index (χ4n) is 3.27. The fourth-order valence-corrected chi connectivity index (χ4v) is 3.27. The third kappa shape index (κ3) is 4.54. The third-order valence-corrected chi connectivity index (χ3v) is 4.77. The number of hydrogen-bond donors (Lipinski definition) is 2. The quantitative estimate of drug-likeness (QED) is 0.304. The van der Waals surface area contributed by atoms with Gasteiger partial charge in [-0.15, -0.1) is 0 Å². The molecule has 0 radical (unpaired) electrons. The Hall–Kier alpha value is -3.11. The lowest BCUT2D eigenvalue weighted by Crippen LogP contribution is -2.38. The van der Waals surface area contributed by atoms with Gasteiger partial charge in [0.25, 0.3) is 5.91 Å². The third-order valence-electron chi connectivity index (χ3n) is 4.77. The number of nitrogens with one attached hydrogen (secondary N) is 1. The monoisotopic (exact) mass is 359 g/mol. The van der Waals surface area contributed by atoms with Crippen molar-refractivity contribution in [3.63, 3.8) is 0 Å². The van der Waals surface area contributed by atoms with E-state index >= 15 is 0 Å². The molecule has 0 heterocycles. The van der Waals surface area contributed by atoms with Crippen LogP contribution in [0.5, 0.6) is 0 Å². The zero-order valence-electron chi connectivity index (χ0n) is 15.7. The second-order valence-corrected chi connectivity index (χ2v) is 6.80. The second kappa shape index (κ2) is 8.52. The molecule has 0 saturated heterocycles. The molecule has 0 saturated carbocycles. The Balaban J connectivity index is 1.87. The number of amides is 1. The summed E-state index contributed by atoms with van der Waals surface area (Å²) in [7, 11) is 1.92. The first-order valence-corrected chi connectivity index (χ1v) is 9.06. The van der Waals surface area contributed by atoms with Gasteiger partial charge in [-0.3, -0.25) is 10.2 Å². The summed E-state index contributed by atoms with van der Waals surface area (Å²) in [5.41, 5.74) is 5.01. The SMILES string of the molecule is CC(CN(C)C(=Cc1ccc2ccccc2c1)C(=O)NN)c1ccccc1. The Morgan fingerprint density at radius 1 is 1.04 bits per heavy atom. The van der Waals surface area contributed by atoms with Crippen molar-refractivity contribution < 1.29 is 4.79 Å². The Kier molecular flexibility index (Phi) is 5.89. The largest absolute Gasteiger partial charge is 0.369 e. The van der Waals surface area contributed by atoms with Crippen LogP contribution in [-0.4, -0.2) is 24.4 Å². The van der Waals surface area contributed by atoms with Crippen LogP contribution in [0.4, 0.5) is 0 Å². The molecule has 0 fully saturated rings. The summed E-state index contributed by atoms with van der Waals surface area (Å²) < 4.78 is 0. The molecule has 4 heteroatoms. The highest BCUT2D eigenvalue weighted by atomic mass is 16.2. The molecule has 0 aromatic heterocycles. The topological polar surface area (TPSA) is 58.4 Å². The molecule has 3 aromatic carbocycles. The molecule has 4 nitrogen and oxygen atoms in total. The minimum Gasteiger partial charge on any atom is -0.369 e. The van der Waals surface area contributed by atoms with Crippen LogP contribution in [0.15, 0.2) is 78.5 Å². The van der Waals surface area contributed by atoms with Crippen molar-refractivity contribution in [3.8, 4) is 0 Å². The molecule has 0 aliphatic heterocycles. The minimum atomic E-state index is -0.300. The van der Waals surface area contributed by atoms with Gasteiger partial charge in [-0.1, -0.05) is 73.7 Å². The van der Waals surface area contributed by atoms with E-state index < -0.39 is 0 Å². The lowest BCUT2D eigenvalue weighted by molar-refractivity contribution is -0.118. The molecule has 3 N–H and O–H groups in total. The number of likely N-dealkylation sites (N-methyl/N-ethyl adjacent to an activating group) is 1. The number of nitrogens with zero attached hydrogens (tertiary/aromatic N) is 1. The van der Waals surface area contributed by atoms with Gasteiger partial charge in [0.1, 0.15) is 5.70 Å². The van der Waals surface area contributed by atoms with E-state index in [4.69, 9.17) is 5.84 Å². The fraction of sp³-hybridized carbons (Fsp3) is 0.174. The molecule has 1 amide bonds. The maximum Gasteiger partial charge on any atom is 0.281 e. The van der Waals surface area contributed by atoms with E-state index in [0.29, 0.717) is 12.2 Å². The highest BCUT2D eigenvalue weighted by Gasteiger charge is 2.16. The summed E-state index contributed by atoms with van der Waals surface area (Å²) in [6.45, 7) is 2.86. The molecule has 0 bridgehead atoms. The minimum absolute atomic E-state index is 0.279. The smallest absolute Gasteiger partial charge is 0.281 e. The first kappa shape index (κ1) is 18.7. The number of benzene rings is 3. The summed E-state index contributed by atoms with van der Waals surface area (Å²) in [6, 6.07) is 24.6. The van der Waals surface area contributed by atoms with Crippen molar-refractivity contribution in [2.24, 2.45) is 5.84 Å². The van der Waals surface area contributed by atoms with Gasteiger partial charge in [-0.2, -0.15) is 0 Å². The molecule has 1 unspecified atom stereocenters. The van der Waals surface area contributed by atoms with Gasteiger partial charge in [0.2, 0.25) is 0 Å². The van der Waals surface area contributed by atoms with E-state index in [0.717, 1.165) is 10.9 Å². The van der Waals surface area contributed by atoms with Crippen LogP contribution in [0.2, 0.25) is 0 Å². The lowest BCUT2D eigenvalue weighted by atomic mass is 10.0. The molecule has 27 heavy (non-hydrogen) atoms. The number of nitrogens with two attached hydrogens (primary N) is 1. The number of rotatable bonds is 6. The van der Waals surface area contributed by atoms with Crippen molar-refractivity contribution in [1.82, 2.24) is 10.3 Å². The van der Waals surface area contributed by atoms with Gasteiger partial charge < -0.3 is 4.90 Å². The van der Waals surface area contributed by atoms with Crippen LogP contribution in [0.3, 0.4) is 0 Å². The van der Waals surface area contributed by atoms with Gasteiger partial charge >= 0.3 is 0 Å². The molecule has 0 aliphatic carbocycles. The average Bonchev–Trinajstić information content (AvgIpc) is 2.71. The number of carbonyl (C=O) groups is 1. The summed E-state index contributed by atoms with van der Waals surface area (Å²) >= 11 is 0. The number of carbonyl (C=O) groups excluding carboxylic acids is 1. The van der Waals surface area contributed by atoms with E-state index in [9.17, 15) is 4.79 Å². The van der Waals surface area contributed by atoms with E-state index in [-0.39, 0.29) is 11.8 Å². The summed E-state index contributed by atoms with van der Waals surface area (Å²) in [5, 5.41) is 2.31. The van der Waals surface area contributed by atoms with Crippen LogP contribution in [0.1, 0.15) is 24.0 Å². The molecule has 3 aromatic rings. The van der Waals surface area contributed by atoms with Gasteiger partial charge in [0.15, 0.2) is 0 Å². The summed E-state index contributed by atoms with van der Waals surface area (Å²) in [6.07, 6.45) is 1.88. The predicted octanol–water partition coefficient (Wildman–Crippen LogP) is 3.91. The van der Waals surface area contributed by atoms with Gasteiger partial charge in [0.05, 0.1) is 0 Å². The zero-order chi connectivity index (χ0) is 19.2. The van der Waals surface area contributed by atoms with Crippen LogP contribution >= 0.6 is 0 Å². The Bertz CT molecular complexity index is 950.